The fourth-order valence-corrected chi connectivity index (χ4v) is 5.60. The highest BCUT2D eigenvalue weighted by Crippen LogP contribution is 2.34. The van der Waals surface area contributed by atoms with Gasteiger partial charge in [0, 0.05) is 0 Å². The number of aromatic nitrogens is 1. The Morgan fingerprint density at radius 2 is 1.78 bits per heavy atom. The Bertz CT molecular complexity index is 1660. The summed E-state index contributed by atoms with van der Waals surface area (Å²) >= 11 is 1.32. The van der Waals surface area contributed by atoms with E-state index in [1.54, 1.807) is 18.4 Å². The minimum Gasteiger partial charge on any atom is -0.494 e. The molecule has 7 heteroatoms. The number of hydrogen-bond acceptors (Lipinski definition) is 6. The Kier molecular flexibility index (Phi) is 6.57. The van der Waals surface area contributed by atoms with Crippen LogP contribution in [0.2, 0.25) is 0 Å². The normalized spacial score (nSPS) is 15.5. The summed E-state index contributed by atoms with van der Waals surface area (Å²) in [4.78, 5) is 32.2. The van der Waals surface area contributed by atoms with Crippen molar-refractivity contribution < 1.29 is 14.3 Å². The van der Waals surface area contributed by atoms with Gasteiger partial charge in [-0.25, -0.2) is 9.79 Å². The Balaban J connectivity index is 1.73. The number of carbonyl (C=O) groups is 1. The number of ether oxygens (including phenoxy) is 2. The molecule has 182 valence electrons. The zero-order valence-electron chi connectivity index (χ0n) is 20.4. The van der Waals surface area contributed by atoms with Crippen LogP contribution >= 0.6 is 11.3 Å². The summed E-state index contributed by atoms with van der Waals surface area (Å²) in [7, 11) is 0. The third kappa shape index (κ3) is 4.27. The number of carbonyl (C=O) groups excluding carboxylic acids is 1. The van der Waals surface area contributed by atoms with E-state index in [1.165, 1.54) is 11.3 Å². The molecule has 1 atom stereocenters. The van der Waals surface area contributed by atoms with Gasteiger partial charge in [0.25, 0.3) is 5.56 Å². The predicted octanol–water partition coefficient (Wildman–Crippen LogP) is 4.35. The van der Waals surface area contributed by atoms with Gasteiger partial charge < -0.3 is 9.47 Å². The molecule has 0 unspecified atom stereocenters. The average molecular weight is 499 g/mol. The number of nitrogens with zero attached hydrogens (tertiary/aromatic N) is 2. The summed E-state index contributed by atoms with van der Waals surface area (Å²) in [6.07, 6.45) is 1.85. The maximum absolute atomic E-state index is 13.8. The van der Waals surface area contributed by atoms with E-state index >= 15 is 0 Å². The number of thiazole rings is 1. The Labute approximate surface area is 212 Å². The van der Waals surface area contributed by atoms with Crippen LogP contribution in [-0.4, -0.2) is 23.8 Å². The van der Waals surface area contributed by atoms with E-state index in [2.05, 4.69) is 4.99 Å². The lowest BCUT2D eigenvalue weighted by atomic mass is 9.91. The molecule has 0 N–H and O–H groups in total. The van der Waals surface area contributed by atoms with Crippen LogP contribution < -0.4 is 19.6 Å². The van der Waals surface area contributed by atoms with Crippen LogP contribution in [-0.2, 0) is 9.53 Å². The molecule has 36 heavy (non-hydrogen) atoms. The average Bonchev–Trinajstić information content (AvgIpc) is 3.18. The molecule has 0 bridgehead atoms. The van der Waals surface area contributed by atoms with Gasteiger partial charge in [-0.15, -0.1) is 0 Å². The molecular weight excluding hydrogens is 472 g/mol. The first-order chi connectivity index (χ1) is 17.5. The number of hydrogen-bond donors (Lipinski definition) is 0. The molecule has 1 aromatic heterocycles. The van der Waals surface area contributed by atoms with Crippen molar-refractivity contribution in [3.8, 4) is 5.75 Å². The van der Waals surface area contributed by atoms with Crippen molar-refractivity contribution >= 4 is 34.2 Å². The molecule has 3 aromatic carbocycles. The fraction of sp³-hybridized carbons (Fsp3) is 0.207. The van der Waals surface area contributed by atoms with Gasteiger partial charge in [-0.1, -0.05) is 65.9 Å². The van der Waals surface area contributed by atoms with Crippen LogP contribution in [0, 0.1) is 0 Å². The van der Waals surface area contributed by atoms with Crippen molar-refractivity contribution in [1.29, 1.82) is 0 Å². The lowest BCUT2D eigenvalue weighted by Crippen LogP contribution is -2.40. The summed E-state index contributed by atoms with van der Waals surface area (Å²) in [5, 5.41) is 2.01. The number of benzene rings is 3. The topological polar surface area (TPSA) is 69.9 Å². The molecule has 1 aliphatic heterocycles. The molecule has 5 rings (SSSR count). The van der Waals surface area contributed by atoms with Crippen molar-refractivity contribution in [2.45, 2.75) is 26.8 Å². The second-order valence-corrected chi connectivity index (χ2v) is 9.38. The van der Waals surface area contributed by atoms with Crippen LogP contribution in [0.4, 0.5) is 0 Å². The Morgan fingerprint density at radius 3 is 2.53 bits per heavy atom. The highest BCUT2D eigenvalue weighted by Gasteiger charge is 2.34. The van der Waals surface area contributed by atoms with Crippen molar-refractivity contribution in [1.82, 2.24) is 4.57 Å². The molecular formula is C29H26N2O4S. The number of rotatable bonds is 6. The van der Waals surface area contributed by atoms with Crippen molar-refractivity contribution in [3.05, 3.63) is 109 Å². The summed E-state index contributed by atoms with van der Waals surface area (Å²) in [5.74, 6) is 0.319. The molecule has 0 fully saturated rings. The fourth-order valence-electron chi connectivity index (χ4n) is 4.55. The van der Waals surface area contributed by atoms with Gasteiger partial charge in [-0.05, 0) is 60.9 Å². The smallest absolute Gasteiger partial charge is 0.338 e. The first kappa shape index (κ1) is 23.8. The molecule has 0 saturated heterocycles. The third-order valence-electron chi connectivity index (χ3n) is 6.12. The molecule has 0 aliphatic carbocycles. The zero-order valence-corrected chi connectivity index (χ0v) is 21.2. The van der Waals surface area contributed by atoms with Crippen LogP contribution in [0.15, 0.2) is 87.8 Å². The monoisotopic (exact) mass is 498 g/mol. The first-order valence-corrected chi connectivity index (χ1v) is 12.7. The lowest BCUT2D eigenvalue weighted by molar-refractivity contribution is -0.139. The summed E-state index contributed by atoms with van der Waals surface area (Å²) < 4.78 is 13.1. The van der Waals surface area contributed by atoms with Gasteiger partial charge in [0.1, 0.15) is 5.75 Å². The third-order valence-corrected chi connectivity index (χ3v) is 7.11. The van der Waals surface area contributed by atoms with Crippen LogP contribution in [0.1, 0.15) is 37.9 Å². The van der Waals surface area contributed by atoms with Gasteiger partial charge in [-0.3, -0.25) is 9.36 Å². The summed E-state index contributed by atoms with van der Waals surface area (Å²) in [6, 6.07) is 20.9. The molecule has 0 amide bonds. The number of fused-ring (bicyclic) bond motifs is 2. The SMILES string of the molecule is CCOC(=O)C1=C(C)N=c2s/c(=C\c3ccc(OCC)cc3)c(=O)n2[C@H]1c1cccc2ccccc12. The molecule has 4 aromatic rings. The summed E-state index contributed by atoms with van der Waals surface area (Å²) in [6.45, 7) is 6.34. The van der Waals surface area contributed by atoms with E-state index in [0.29, 0.717) is 27.2 Å². The molecule has 2 heterocycles. The lowest BCUT2D eigenvalue weighted by Gasteiger charge is -2.25. The Morgan fingerprint density at radius 1 is 1.03 bits per heavy atom. The molecule has 1 aliphatic rings. The molecule has 6 nitrogen and oxygen atoms in total. The molecule has 0 radical (unpaired) electrons. The highest BCUT2D eigenvalue weighted by molar-refractivity contribution is 7.07. The summed E-state index contributed by atoms with van der Waals surface area (Å²) in [5.41, 5.74) is 2.49. The molecule has 0 saturated carbocycles. The second kappa shape index (κ2) is 9.95. The predicted molar refractivity (Wildman–Crippen MR) is 142 cm³/mol. The zero-order chi connectivity index (χ0) is 25.2. The van der Waals surface area contributed by atoms with E-state index < -0.39 is 12.0 Å². The standard InChI is InChI=1S/C29H26N2O4S/c1-4-34-21-15-13-19(14-16-21)17-24-27(32)31-26(23-12-8-10-20-9-6-7-11-22(20)23)25(28(33)35-5-2)18(3)30-29(31)36-24/h6-17,26H,4-5H2,1-3H3/b24-17-/t26-/m0/s1. The Hall–Kier alpha value is -3.97. The van der Waals surface area contributed by atoms with E-state index in [0.717, 1.165) is 27.6 Å². The minimum atomic E-state index is -0.645. The highest BCUT2D eigenvalue weighted by atomic mass is 32.1. The van der Waals surface area contributed by atoms with E-state index in [9.17, 15) is 9.59 Å². The van der Waals surface area contributed by atoms with E-state index in [4.69, 9.17) is 9.47 Å². The van der Waals surface area contributed by atoms with Crippen molar-refractivity contribution in [2.24, 2.45) is 4.99 Å². The quantitative estimate of drug-likeness (QED) is 0.371. The van der Waals surface area contributed by atoms with Crippen LogP contribution in [0.3, 0.4) is 0 Å². The van der Waals surface area contributed by atoms with E-state index in [-0.39, 0.29) is 12.2 Å². The van der Waals surface area contributed by atoms with Gasteiger partial charge in [0.15, 0.2) is 4.80 Å². The van der Waals surface area contributed by atoms with Gasteiger partial charge in [0.2, 0.25) is 0 Å². The molecule has 0 spiro atoms. The van der Waals surface area contributed by atoms with Crippen LogP contribution in [0.25, 0.3) is 16.8 Å². The van der Waals surface area contributed by atoms with Gasteiger partial charge in [0.05, 0.1) is 35.1 Å². The van der Waals surface area contributed by atoms with Gasteiger partial charge >= 0.3 is 5.97 Å². The van der Waals surface area contributed by atoms with E-state index in [1.807, 2.05) is 79.7 Å². The number of esters is 1. The second-order valence-electron chi connectivity index (χ2n) is 8.37. The van der Waals surface area contributed by atoms with Crippen molar-refractivity contribution in [3.63, 3.8) is 0 Å². The number of allylic oxidation sites excluding steroid dienone is 1. The van der Waals surface area contributed by atoms with Gasteiger partial charge in [-0.2, -0.15) is 0 Å². The maximum Gasteiger partial charge on any atom is 0.338 e. The minimum absolute atomic E-state index is 0.195. The first-order valence-electron chi connectivity index (χ1n) is 11.9. The largest absolute Gasteiger partial charge is 0.494 e. The van der Waals surface area contributed by atoms with Crippen LogP contribution in [0.5, 0.6) is 5.75 Å². The van der Waals surface area contributed by atoms with Crippen molar-refractivity contribution in [2.75, 3.05) is 13.2 Å². The maximum atomic E-state index is 13.8.